The number of rotatable bonds is 6. The zero-order chi connectivity index (χ0) is 18.4. The third-order valence-electron chi connectivity index (χ3n) is 4.44. The Kier molecular flexibility index (Phi) is 5.88. The van der Waals surface area contributed by atoms with Crippen molar-refractivity contribution < 1.29 is 14.0 Å². The van der Waals surface area contributed by atoms with Crippen LogP contribution in [0.3, 0.4) is 0 Å². The summed E-state index contributed by atoms with van der Waals surface area (Å²) in [5.74, 6) is 0.482. The molecule has 0 saturated carbocycles. The summed E-state index contributed by atoms with van der Waals surface area (Å²) in [6.07, 6.45) is 6.84. The molecule has 0 aliphatic carbocycles. The molecule has 2 N–H and O–H groups in total. The van der Waals surface area contributed by atoms with E-state index in [1.807, 2.05) is 12.1 Å². The standard InChI is InChI=1S/C19H24N4O3/c1-14(22-19(25)16-6-5-11-26-16)18(24)21-13-15-7-8-20-17(12-15)23-9-3-2-4-10-23/h5-8,11-12,14H,2-4,9-10,13H2,1H3,(H,21,24)(H,22,25). The lowest BCUT2D eigenvalue weighted by molar-refractivity contribution is -0.122. The third-order valence-corrected chi connectivity index (χ3v) is 4.44. The van der Waals surface area contributed by atoms with Crippen molar-refractivity contribution in [1.29, 1.82) is 0 Å². The number of furan rings is 1. The maximum Gasteiger partial charge on any atom is 0.287 e. The number of anilines is 1. The minimum atomic E-state index is -0.656. The first-order chi connectivity index (χ1) is 12.6. The van der Waals surface area contributed by atoms with Crippen LogP contribution in [0.2, 0.25) is 0 Å². The molecule has 1 saturated heterocycles. The Morgan fingerprint density at radius 3 is 2.81 bits per heavy atom. The van der Waals surface area contributed by atoms with Crippen molar-refractivity contribution in [2.45, 2.75) is 38.8 Å². The van der Waals surface area contributed by atoms with Gasteiger partial charge < -0.3 is 20.0 Å². The van der Waals surface area contributed by atoms with Gasteiger partial charge in [0.25, 0.3) is 5.91 Å². The van der Waals surface area contributed by atoms with Crippen LogP contribution in [0.5, 0.6) is 0 Å². The summed E-state index contributed by atoms with van der Waals surface area (Å²) in [6.45, 7) is 4.09. The smallest absolute Gasteiger partial charge is 0.287 e. The summed E-state index contributed by atoms with van der Waals surface area (Å²) in [6, 6.07) is 6.43. The highest BCUT2D eigenvalue weighted by Crippen LogP contribution is 2.18. The zero-order valence-electron chi connectivity index (χ0n) is 14.9. The molecule has 0 bridgehead atoms. The maximum atomic E-state index is 12.2. The number of carbonyl (C=O) groups excluding carboxylic acids is 2. The fraction of sp³-hybridized carbons (Fsp3) is 0.421. The minimum absolute atomic E-state index is 0.185. The lowest BCUT2D eigenvalue weighted by Gasteiger charge is -2.28. The number of amides is 2. The molecule has 1 fully saturated rings. The van der Waals surface area contributed by atoms with Crippen LogP contribution in [0.4, 0.5) is 5.82 Å². The Morgan fingerprint density at radius 1 is 1.27 bits per heavy atom. The van der Waals surface area contributed by atoms with Crippen molar-refractivity contribution in [3.05, 3.63) is 48.0 Å². The predicted octanol–water partition coefficient (Wildman–Crippen LogP) is 2.10. The van der Waals surface area contributed by atoms with Crippen LogP contribution in [0, 0.1) is 0 Å². The highest BCUT2D eigenvalue weighted by Gasteiger charge is 2.18. The van der Waals surface area contributed by atoms with Crippen LogP contribution in [0.1, 0.15) is 42.3 Å². The molecule has 0 spiro atoms. The molecule has 1 aliphatic rings. The molecular weight excluding hydrogens is 332 g/mol. The highest BCUT2D eigenvalue weighted by atomic mass is 16.3. The van der Waals surface area contributed by atoms with E-state index >= 15 is 0 Å². The third kappa shape index (κ3) is 4.62. The second-order valence-electron chi connectivity index (χ2n) is 6.46. The number of nitrogens with zero attached hydrogens (tertiary/aromatic N) is 2. The van der Waals surface area contributed by atoms with E-state index in [9.17, 15) is 9.59 Å². The van der Waals surface area contributed by atoms with Gasteiger partial charge in [0.15, 0.2) is 5.76 Å². The SMILES string of the molecule is CC(NC(=O)c1ccco1)C(=O)NCc1ccnc(N2CCCCC2)c1. The first-order valence-electron chi connectivity index (χ1n) is 8.95. The van der Waals surface area contributed by atoms with Gasteiger partial charge in [-0.1, -0.05) is 0 Å². The van der Waals surface area contributed by atoms with Crippen LogP contribution in [0.15, 0.2) is 41.1 Å². The summed E-state index contributed by atoms with van der Waals surface area (Å²) in [7, 11) is 0. The quantitative estimate of drug-likeness (QED) is 0.828. The molecule has 7 nitrogen and oxygen atoms in total. The molecule has 1 aliphatic heterocycles. The van der Waals surface area contributed by atoms with Gasteiger partial charge in [-0.25, -0.2) is 4.98 Å². The molecule has 1 atom stereocenters. The number of hydrogen-bond acceptors (Lipinski definition) is 5. The van der Waals surface area contributed by atoms with E-state index in [0.717, 1.165) is 24.5 Å². The molecule has 138 valence electrons. The topological polar surface area (TPSA) is 87.5 Å². The second kappa shape index (κ2) is 8.51. The van der Waals surface area contributed by atoms with Crippen molar-refractivity contribution >= 4 is 17.6 Å². The van der Waals surface area contributed by atoms with Crippen molar-refractivity contribution in [3.63, 3.8) is 0 Å². The molecule has 2 amide bonds. The Balaban J connectivity index is 1.51. The molecule has 1 unspecified atom stereocenters. The Morgan fingerprint density at radius 2 is 2.08 bits per heavy atom. The summed E-state index contributed by atoms with van der Waals surface area (Å²) >= 11 is 0. The fourth-order valence-corrected chi connectivity index (χ4v) is 2.95. The average Bonchev–Trinajstić information content (AvgIpc) is 3.22. The van der Waals surface area contributed by atoms with Gasteiger partial charge in [-0.05, 0) is 56.0 Å². The second-order valence-corrected chi connectivity index (χ2v) is 6.46. The summed E-state index contributed by atoms with van der Waals surface area (Å²) in [5.41, 5.74) is 0.985. The largest absolute Gasteiger partial charge is 0.459 e. The van der Waals surface area contributed by atoms with Crippen molar-refractivity contribution in [1.82, 2.24) is 15.6 Å². The van der Waals surface area contributed by atoms with Gasteiger partial charge in [0.05, 0.1) is 6.26 Å². The Bertz CT molecular complexity index is 739. The van der Waals surface area contributed by atoms with E-state index in [-0.39, 0.29) is 11.7 Å². The van der Waals surface area contributed by atoms with Gasteiger partial charge in [0.1, 0.15) is 11.9 Å². The number of carbonyl (C=O) groups is 2. The van der Waals surface area contributed by atoms with Crippen LogP contribution in [-0.4, -0.2) is 35.9 Å². The number of pyridine rings is 1. The van der Waals surface area contributed by atoms with Crippen LogP contribution in [-0.2, 0) is 11.3 Å². The van der Waals surface area contributed by atoms with E-state index < -0.39 is 11.9 Å². The minimum Gasteiger partial charge on any atom is -0.459 e. The van der Waals surface area contributed by atoms with Crippen molar-refractivity contribution in [2.24, 2.45) is 0 Å². The molecule has 0 radical (unpaired) electrons. The number of hydrogen-bond donors (Lipinski definition) is 2. The average molecular weight is 356 g/mol. The van der Waals surface area contributed by atoms with Gasteiger partial charge in [-0.3, -0.25) is 9.59 Å². The maximum absolute atomic E-state index is 12.2. The lowest BCUT2D eigenvalue weighted by atomic mass is 10.1. The zero-order valence-corrected chi connectivity index (χ0v) is 14.9. The Labute approximate surface area is 152 Å². The molecule has 26 heavy (non-hydrogen) atoms. The van der Waals surface area contributed by atoms with E-state index in [1.165, 1.54) is 25.5 Å². The normalized spacial score (nSPS) is 15.3. The van der Waals surface area contributed by atoms with Crippen molar-refractivity contribution in [2.75, 3.05) is 18.0 Å². The van der Waals surface area contributed by atoms with Crippen LogP contribution >= 0.6 is 0 Å². The number of aromatic nitrogens is 1. The summed E-state index contributed by atoms with van der Waals surface area (Å²) in [5, 5.41) is 5.47. The highest BCUT2D eigenvalue weighted by molar-refractivity contribution is 5.95. The van der Waals surface area contributed by atoms with Gasteiger partial charge in [-0.15, -0.1) is 0 Å². The molecule has 2 aromatic heterocycles. The van der Waals surface area contributed by atoms with Gasteiger partial charge in [-0.2, -0.15) is 0 Å². The van der Waals surface area contributed by atoms with Crippen LogP contribution in [0.25, 0.3) is 0 Å². The monoisotopic (exact) mass is 356 g/mol. The Hall–Kier alpha value is -2.83. The van der Waals surface area contributed by atoms with Gasteiger partial charge >= 0.3 is 0 Å². The van der Waals surface area contributed by atoms with Gasteiger partial charge in [0.2, 0.25) is 5.91 Å². The number of nitrogens with one attached hydrogen (secondary N) is 2. The molecule has 2 aromatic rings. The van der Waals surface area contributed by atoms with E-state index in [1.54, 1.807) is 25.3 Å². The molecule has 0 aromatic carbocycles. The van der Waals surface area contributed by atoms with Gasteiger partial charge in [0, 0.05) is 25.8 Å². The summed E-state index contributed by atoms with van der Waals surface area (Å²) in [4.78, 5) is 30.9. The lowest BCUT2D eigenvalue weighted by Crippen LogP contribution is -2.44. The van der Waals surface area contributed by atoms with E-state index in [0.29, 0.717) is 6.54 Å². The molecule has 7 heteroatoms. The van der Waals surface area contributed by atoms with Crippen LogP contribution < -0.4 is 15.5 Å². The molecule has 3 heterocycles. The first-order valence-corrected chi connectivity index (χ1v) is 8.95. The van der Waals surface area contributed by atoms with Crippen molar-refractivity contribution in [3.8, 4) is 0 Å². The first kappa shape index (κ1) is 18.0. The van der Waals surface area contributed by atoms with E-state index in [2.05, 4.69) is 20.5 Å². The molecule has 3 rings (SSSR count). The predicted molar refractivity (Wildman–Crippen MR) is 97.8 cm³/mol. The summed E-state index contributed by atoms with van der Waals surface area (Å²) < 4.78 is 5.02. The number of piperidine rings is 1. The molecular formula is C19H24N4O3. The fourth-order valence-electron chi connectivity index (χ4n) is 2.95. The van der Waals surface area contributed by atoms with E-state index in [4.69, 9.17) is 4.42 Å².